The van der Waals surface area contributed by atoms with E-state index in [-0.39, 0.29) is 6.61 Å². The lowest BCUT2D eigenvalue weighted by molar-refractivity contribution is -0.148. The molecule has 0 amide bonds. The summed E-state index contributed by atoms with van der Waals surface area (Å²) >= 11 is 0. The van der Waals surface area contributed by atoms with Crippen molar-refractivity contribution in [3.05, 3.63) is 102 Å². The van der Waals surface area contributed by atoms with Gasteiger partial charge in [0.1, 0.15) is 11.9 Å². The van der Waals surface area contributed by atoms with Crippen molar-refractivity contribution in [2.75, 3.05) is 20.8 Å². The van der Waals surface area contributed by atoms with Crippen molar-refractivity contribution in [2.45, 2.75) is 31.5 Å². The van der Waals surface area contributed by atoms with Crippen LogP contribution in [0.3, 0.4) is 0 Å². The summed E-state index contributed by atoms with van der Waals surface area (Å²) in [5.74, 6) is 0.575. The van der Waals surface area contributed by atoms with Gasteiger partial charge in [-0.15, -0.1) is 0 Å². The highest BCUT2D eigenvalue weighted by Gasteiger charge is 2.43. The molecule has 0 fully saturated rings. The van der Waals surface area contributed by atoms with Gasteiger partial charge in [-0.2, -0.15) is 0 Å². The summed E-state index contributed by atoms with van der Waals surface area (Å²) in [5.41, 5.74) is 2.78. The van der Waals surface area contributed by atoms with E-state index in [0.29, 0.717) is 24.9 Å². The number of benzene rings is 3. The van der Waals surface area contributed by atoms with Crippen molar-refractivity contribution in [2.24, 2.45) is 4.99 Å². The highest BCUT2D eigenvalue weighted by atomic mass is 16.6. The number of aliphatic imine (C=N–C) groups is 1. The highest BCUT2D eigenvalue weighted by molar-refractivity contribution is 5.98. The summed E-state index contributed by atoms with van der Waals surface area (Å²) in [5, 5.41) is 0. The summed E-state index contributed by atoms with van der Waals surface area (Å²) in [6, 6.07) is 26.1. The maximum atomic E-state index is 12.7. The second kappa shape index (κ2) is 12.1. The molecule has 0 aromatic heterocycles. The lowest BCUT2D eigenvalue weighted by Gasteiger charge is -2.26. The van der Waals surface area contributed by atoms with Gasteiger partial charge < -0.3 is 23.7 Å². The topological polar surface area (TPSA) is 75.6 Å². The van der Waals surface area contributed by atoms with Gasteiger partial charge in [0.15, 0.2) is 12.1 Å². The quantitative estimate of drug-likeness (QED) is 0.387. The van der Waals surface area contributed by atoms with Crippen LogP contribution in [0.4, 0.5) is 0 Å². The van der Waals surface area contributed by atoms with Crippen molar-refractivity contribution >= 4 is 11.9 Å². The second-order valence-corrected chi connectivity index (χ2v) is 8.05. The van der Waals surface area contributed by atoms with Crippen LogP contribution >= 0.6 is 0 Å². The molecule has 0 spiro atoms. The average Bonchev–Trinajstić information content (AvgIpc) is 3.36. The van der Waals surface area contributed by atoms with Gasteiger partial charge in [0.25, 0.3) is 0 Å². The molecular formula is C28H29NO6. The first-order valence-corrected chi connectivity index (χ1v) is 11.4. The van der Waals surface area contributed by atoms with Crippen LogP contribution in [0.1, 0.15) is 16.7 Å². The van der Waals surface area contributed by atoms with E-state index in [0.717, 1.165) is 16.7 Å². The standard InChI is InChI=1S/C28H29NO6/c1-31-23-15-13-22(14-16-23)27-29-25(28(30)32-2)26(35-27)24(34-18-21-11-7-4-8-12-21)19-33-17-20-9-5-3-6-10-20/h3-16,24-26H,17-19H2,1-2H3/t24-,25-,26+/m1/s1. The highest BCUT2D eigenvalue weighted by Crippen LogP contribution is 2.26. The molecule has 0 N–H and O–H groups in total. The minimum absolute atomic E-state index is 0.214. The summed E-state index contributed by atoms with van der Waals surface area (Å²) in [4.78, 5) is 17.2. The minimum atomic E-state index is -0.877. The Balaban J connectivity index is 1.52. The minimum Gasteiger partial charge on any atom is -0.497 e. The van der Waals surface area contributed by atoms with Crippen LogP contribution < -0.4 is 4.74 Å². The SMILES string of the molecule is COC(=O)[C@@H]1N=C(c2ccc(OC)cc2)O[C@H]1[C@@H](COCc1ccccc1)OCc1ccccc1. The number of esters is 1. The van der Waals surface area contributed by atoms with Crippen molar-refractivity contribution in [3.63, 3.8) is 0 Å². The fraction of sp³-hybridized carbons (Fsp3) is 0.286. The molecule has 1 aliphatic rings. The van der Waals surface area contributed by atoms with E-state index < -0.39 is 24.2 Å². The Labute approximate surface area is 205 Å². The first kappa shape index (κ1) is 24.4. The molecule has 3 aromatic rings. The lowest BCUT2D eigenvalue weighted by Crippen LogP contribution is -2.44. The van der Waals surface area contributed by atoms with Gasteiger partial charge in [-0.25, -0.2) is 9.79 Å². The van der Waals surface area contributed by atoms with Crippen LogP contribution in [-0.2, 0) is 37.0 Å². The van der Waals surface area contributed by atoms with Gasteiger partial charge in [-0.1, -0.05) is 60.7 Å². The Hall–Kier alpha value is -3.68. The molecular weight excluding hydrogens is 446 g/mol. The third kappa shape index (κ3) is 6.47. The third-order valence-corrected chi connectivity index (χ3v) is 5.66. The average molecular weight is 476 g/mol. The molecule has 0 radical (unpaired) electrons. The third-order valence-electron chi connectivity index (χ3n) is 5.66. The van der Waals surface area contributed by atoms with Crippen LogP contribution in [0.2, 0.25) is 0 Å². The number of carbonyl (C=O) groups is 1. The summed E-state index contributed by atoms with van der Waals surface area (Å²) in [6.07, 6.45) is -1.28. The molecule has 1 aliphatic heterocycles. The number of rotatable bonds is 11. The van der Waals surface area contributed by atoms with E-state index in [1.165, 1.54) is 7.11 Å². The largest absolute Gasteiger partial charge is 0.497 e. The summed E-state index contributed by atoms with van der Waals surface area (Å²) in [6.45, 7) is 0.963. The number of nitrogens with zero attached hydrogens (tertiary/aromatic N) is 1. The molecule has 7 heteroatoms. The van der Waals surface area contributed by atoms with Crippen LogP contribution in [0.15, 0.2) is 89.9 Å². The molecule has 182 valence electrons. The zero-order chi connectivity index (χ0) is 24.5. The Morgan fingerprint density at radius 2 is 1.51 bits per heavy atom. The molecule has 1 heterocycles. The molecule has 3 aromatic carbocycles. The van der Waals surface area contributed by atoms with E-state index in [4.69, 9.17) is 23.7 Å². The lowest BCUT2D eigenvalue weighted by atomic mass is 10.1. The number of hydrogen-bond acceptors (Lipinski definition) is 7. The van der Waals surface area contributed by atoms with Gasteiger partial charge in [0.2, 0.25) is 5.90 Å². The predicted molar refractivity (Wildman–Crippen MR) is 131 cm³/mol. The van der Waals surface area contributed by atoms with E-state index >= 15 is 0 Å². The Morgan fingerprint density at radius 1 is 0.886 bits per heavy atom. The van der Waals surface area contributed by atoms with Gasteiger partial charge in [-0.05, 0) is 35.4 Å². The summed E-state index contributed by atoms with van der Waals surface area (Å²) in [7, 11) is 2.94. The van der Waals surface area contributed by atoms with E-state index in [9.17, 15) is 4.79 Å². The van der Waals surface area contributed by atoms with E-state index in [1.807, 2.05) is 84.9 Å². The number of carbonyl (C=O) groups excluding carboxylic acids is 1. The zero-order valence-electron chi connectivity index (χ0n) is 19.8. The molecule has 0 saturated carbocycles. The van der Waals surface area contributed by atoms with Crippen molar-refractivity contribution in [1.29, 1.82) is 0 Å². The van der Waals surface area contributed by atoms with Crippen LogP contribution in [-0.4, -0.2) is 50.9 Å². The van der Waals surface area contributed by atoms with Gasteiger partial charge >= 0.3 is 5.97 Å². The predicted octanol–water partition coefficient (Wildman–Crippen LogP) is 4.18. The van der Waals surface area contributed by atoms with Gasteiger partial charge in [-0.3, -0.25) is 0 Å². The molecule has 0 unspecified atom stereocenters. The summed E-state index contributed by atoms with van der Waals surface area (Å²) < 4.78 is 28.7. The van der Waals surface area contributed by atoms with Crippen LogP contribution in [0, 0.1) is 0 Å². The Kier molecular flexibility index (Phi) is 8.48. The fourth-order valence-electron chi connectivity index (χ4n) is 3.77. The molecule has 35 heavy (non-hydrogen) atoms. The van der Waals surface area contributed by atoms with Crippen LogP contribution in [0.25, 0.3) is 0 Å². The van der Waals surface area contributed by atoms with Gasteiger partial charge in [0.05, 0.1) is 34.0 Å². The van der Waals surface area contributed by atoms with Crippen molar-refractivity contribution in [3.8, 4) is 5.75 Å². The Bertz CT molecular complexity index is 1100. The molecule has 4 rings (SSSR count). The number of ether oxygens (including phenoxy) is 5. The Morgan fingerprint density at radius 3 is 2.11 bits per heavy atom. The first-order valence-electron chi connectivity index (χ1n) is 11.4. The van der Waals surface area contributed by atoms with E-state index in [2.05, 4.69) is 4.99 Å². The zero-order valence-corrected chi connectivity index (χ0v) is 19.8. The molecule has 0 aliphatic carbocycles. The number of methoxy groups -OCH3 is 2. The number of hydrogen-bond donors (Lipinski definition) is 0. The van der Waals surface area contributed by atoms with Crippen molar-refractivity contribution in [1.82, 2.24) is 0 Å². The molecule has 3 atom stereocenters. The second-order valence-electron chi connectivity index (χ2n) is 8.05. The molecule has 0 saturated heterocycles. The monoisotopic (exact) mass is 475 g/mol. The van der Waals surface area contributed by atoms with Crippen molar-refractivity contribution < 1.29 is 28.5 Å². The fourth-order valence-corrected chi connectivity index (χ4v) is 3.77. The molecule has 7 nitrogen and oxygen atoms in total. The first-order chi connectivity index (χ1) is 17.2. The maximum Gasteiger partial charge on any atom is 0.334 e. The normalized spacial score (nSPS) is 17.8. The van der Waals surface area contributed by atoms with Gasteiger partial charge in [0, 0.05) is 5.56 Å². The maximum absolute atomic E-state index is 12.7. The van der Waals surface area contributed by atoms with Crippen LogP contribution in [0.5, 0.6) is 5.75 Å². The van der Waals surface area contributed by atoms with E-state index in [1.54, 1.807) is 7.11 Å². The smallest absolute Gasteiger partial charge is 0.334 e. The molecule has 0 bridgehead atoms.